The standard InChI is InChI=1S/C17H21N3O3S/c1-3-10-20-16(22)13-7-4-5-8-14(13)19-17(20)24-12-15(21)18-9-6-11-23-2/h3-5,7-8H,1,6,9-12H2,2H3,(H,18,21). The van der Waals surface area contributed by atoms with E-state index >= 15 is 0 Å². The number of nitrogens with one attached hydrogen (secondary N) is 1. The SMILES string of the molecule is C=CCn1c(SCC(=O)NCCCOC)nc2ccccc2c1=O. The Labute approximate surface area is 144 Å². The van der Waals surface area contributed by atoms with Crippen LogP contribution in [0.1, 0.15) is 6.42 Å². The lowest BCUT2D eigenvalue weighted by Gasteiger charge is -2.11. The number of rotatable bonds is 9. The number of hydrogen-bond donors (Lipinski definition) is 1. The molecule has 0 spiro atoms. The van der Waals surface area contributed by atoms with E-state index in [1.165, 1.54) is 16.3 Å². The number of thioether (sulfide) groups is 1. The third-order valence-electron chi connectivity index (χ3n) is 3.32. The number of amides is 1. The molecule has 0 unspecified atom stereocenters. The number of para-hydroxylation sites is 1. The van der Waals surface area contributed by atoms with Crippen molar-refractivity contribution in [3.8, 4) is 0 Å². The summed E-state index contributed by atoms with van der Waals surface area (Å²) in [7, 11) is 1.63. The van der Waals surface area contributed by atoms with Crippen molar-refractivity contribution in [2.24, 2.45) is 0 Å². The first-order chi connectivity index (χ1) is 11.7. The average molecular weight is 347 g/mol. The summed E-state index contributed by atoms with van der Waals surface area (Å²) in [5, 5.41) is 3.90. The van der Waals surface area contributed by atoms with Crippen molar-refractivity contribution in [1.82, 2.24) is 14.9 Å². The fourth-order valence-electron chi connectivity index (χ4n) is 2.17. The van der Waals surface area contributed by atoms with Crippen molar-refractivity contribution in [2.45, 2.75) is 18.1 Å². The van der Waals surface area contributed by atoms with Gasteiger partial charge in [-0.2, -0.15) is 0 Å². The third kappa shape index (κ3) is 4.69. The molecule has 0 bridgehead atoms. The Kier molecular flexibility index (Phi) is 7.02. The smallest absolute Gasteiger partial charge is 0.262 e. The van der Waals surface area contributed by atoms with Crippen LogP contribution in [0.2, 0.25) is 0 Å². The van der Waals surface area contributed by atoms with Gasteiger partial charge in [0.1, 0.15) is 0 Å². The number of fused-ring (bicyclic) bond motifs is 1. The first-order valence-corrected chi connectivity index (χ1v) is 8.65. The van der Waals surface area contributed by atoms with Gasteiger partial charge in [0, 0.05) is 26.8 Å². The van der Waals surface area contributed by atoms with E-state index in [1.54, 1.807) is 25.3 Å². The molecule has 0 aliphatic carbocycles. The van der Waals surface area contributed by atoms with Crippen LogP contribution in [0.15, 0.2) is 46.9 Å². The van der Waals surface area contributed by atoms with Crippen molar-refractivity contribution in [3.63, 3.8) is 0 Å². The summed E-state index contributed by atoms with van der Waals surface area (Å²) >= 11 is 1.25. The Morgan fingerprint density at radius 1 is 1.46 bits per heavy atom. The highest BCUT2D eigenvalue weighted by Gasteiger charge is 2.12. The van der Waals surface area contributed by atoms with Crippen LogP contribution in [0.25, 0.3) is 10.9 Å². The zero-order valence-corrected chi connectivity index (χ0v) is 14.5. The minimum Gasteiger partial charge on any atom is -0.385 e. The number of ether oxygens (including phenoxy) is 1. The molecule has 0 aliphatic rings. The molecule has 1 aromatic heterocycles. The van der Waals surface area contributed by atoms with Crippen molar-refractivity contribution in [1.29, 1.82) is 0 Å². The number of benzene rings is 1. The molecule has 1 N–H and O–H groups in total. The van der Waals surface area contributed by atoms with Crippen molar-refractivity contribution in [2.75, 3.05) is 26.0 Å². The summed E-state index contributed by atoms with van der Waals surface area (Å²) in [6.45, 7) is 5.22. The van der Waals surface area contributed by atoms with Gasteiger partial charge < -0.3 is 10.1 Å². The van der Waals surface area contributed by atoms with Crippen LogP contribution in [0, 0.1) is 0 Å². The first-order valence-electron chi connectivity index (χ1n) is 7.66. The molecule has 128 valence electrons. The molecular formula is C17H21N3O3S. The fraction of sp³-hybridized carbons (Fsp3) is 0.353. The molecular weight excluding hydrogens is 326 g/mol. The molecule has 2 rings (SSSR count). The van der Waals surface area contributed by atoms with Crippen LogP contribution in [0.4, 0.5) is 0 Å². The van der Waals surface area contributed by atoms with Crippen molar-refractivity contribution >= 4 is 28.6 Å². The lowest BCUT2D eigenvalue weighted by atomic mass is 10.2. The molecule has 1 amide bonds. The van der Waals surface area contributed by atoms with Gasteiger partial charge in [-0.3, -0.25) is 14.2 Å². The highest BCUT2D eigenvalue weighted by atomic mass is 32.2. The van der Waals surface area contributed by atoms with Crippen LogP contribution in [0.5, 0.6) is 0 Å². The molecule has 0 atom stereocenters. The van der Waals surface area contributed by atoms with E-state index in [2.05, 4.69) is 16.9 Å². The monoisotopic (exact) mass is 347 g/mol. The molecule has 0 saturated heterocycles. The number of methoxy groups -OCH3 is 1. The highest BCUT2D eigenvalue weighted by Crippen LogP contribution is 2.17. The zero-order chi connectivity index (χ0) is 17.4. The van der Waals surface area contributed by atoms with Gasteiger partial charge in [0.15, 0.2) is 5.16 Å². The minimum atomic E-state index is -0.122. The maximum absolute atomic E-state index is 12.6. The van der Waals surface area contributed by atoms with E-state index in [9.17, 15) is 9.59 Å². The molecule has 0 radical (unpaired) electrons. The number of allylic oxidation sites excluding steroid dienone is 1. The summed E-state index contributed by atoms with van der Waals surface area (Å²) in [5.41, 5.74) is 0.509. The summed E-state index contributed by atoms with van der Waals surface area (Å²) in [4.78, 5) is 29.0. The van der Waals surface area contributed by atoms with E-state index in [0.29, 0.717) is 35.8 Å². The lowest BCUT2D eigenvalue weighted by molar-refractivity contribution is -0.118. The van der Waals surface area contributed by atoms with Crippen molar-refractivity contribution in [3.05, 3.63) is 47.3 Å². The Bertz CT molecular complexity index is 773. The fourth-order valence-corrected chi connectivity index (χ4v) is 3.01. The van der Waals surface area contributed by atoms with E-state index in [0.717, 1.165) is 6.42 Å². The molecule has 1 heterocycles. The molecule has 0 aliphatic heterocycles. The second kappa shape index (κ2) is 9.24. The van der Waals surface area contributed by atoms with E-state index in [4.69, 9.17) is 4.74 Å². The average Bonchev–Trinajstić information content (AvgIpc) is 2.60. The van der Waals surface area contributed by atoms with Crippen molar-refractivity contribution < 1.29 is 9.53 Å². The Balaban J connectivity index is 2.12. The quantitative estimate of drug-likeness (QED) is 0.324. The normalized spacial score (nSPS) is 10.7. The van der Waals surface area contributed by atoms with Gasteiger partial charge >= 0.3 is 0 Å². The number of carbonyl (C=O) groups is 1. The van der Waals surface area contributed by atoms with Crippen LogP contribution < -0.4 is 10.9 Å². The summed E-state index contributed by atoms with van der Waals surface area (Å²) < 4.78 is 6.48. The second-order valence-corrected chi connectivity index (χ2v) is 6.04. The van der Waals surface area contributed by atoms with Crippen LogP contribution in [-0.4, -0.2) is 41.5 Å². The second-order valence-electron chi connectivity index (χ2n) is 5.10. The van der Waals surface area contributed by atoms with Gasteiger partial charge in [-0.1, -0.05) is 30.0 Å². The topological polar surface area (TPSA) is 73.2 Å². The number of hydrogen-bond acceptors (Lipinski definition) is 5. The van der Waals surface area contributed by atoms with E-state index in [-0.39, 0.29) is 17.2 Å². The predicted octanol–water partition coefficient (Wildman–Crippen LogP) is 1.83. The summed E-state index contributed by atoms with van der Waals surface area (Å²) in [6, 6.07) is 7.19. The first kappa shape index (κ1) is 18.2. The maximum atomic E-state index is 12.6. The van der Waals surface area contributed by atoms with Crippen LogP contribution in [0.3, 0.4) is 0 Å². The van der Waals surface area contributed by atoms with Gasteiger partial charge in [0.25, 0.3) is 5.56 Å². The maximum Gasteiger partial charge on any atom is 0.262 e. The molecule has 6 nitrogen and oxygen atoms in total. The van der Waals surface area contributed by atoms with Gasteiger partial charge in [0.05, 0.1) is 16.7 Å². The molecule has 2 aromatic rings. The van der Waals surface area contributed by atoms with Crippen LogP contribution in [-0.2, 0) is 16.1 Å². The van der Waals surface area contributed by atoms with Gasteiger partial charge in [0.2, 0.25) is 5.91 Å². The largest absolute Gasteiger partial charge is 0.385 e. The van der Waals surface area contributed by atoms with Gasteiger partial charge in [-0.05, 0) is 18.6 Å². The molecule has 0 saturated carbocycles. The third-order valence-corrected chi connectivity index (χ3v) is 4.29. The molecule has 7 heteroatoms. The molecule has 24 heavy (non-hydrogen) atoms. The summed E-state index contributed by atoms with van der Waals surface area (Å²) in [5.74, 6) is 0.109. The lowest BCUT2D eigenvalue weighted by Crippen LogP contribution is -2.28. The highest BCUT2D eigenvalue weighted by molar-refractivity contribution is 7.99. The Morgan fingerprint density at radius 3 is 3.00 bits per heavy atom. The Morgan fingerprint density at radius 2 is 2.25 bits per heavy atom. The predicted molar refractivity (Wildman–Crippen MR) is 96.4 cm³/mol. The molecule has 0 fully saturated rings. The number of nitrogens with zero attached hydrogens (tertiary/aromatic N) is 2. The number of aromatic nitrogens is 2. The number of carbonyl (C=O) groups excluding carboxylic acids is 1. The van der Waals surface area contributed by atoms with E-state index < -0.39 is 0 Å². The van der Waals surface area contributed by atoms with Gasteiger partial charge in [-0.25, -0.2) is 4.98 Å². The van der Waals surface area contributed by atoms with Gasteiger partial charge in [-0.15, -0.1) is 6.58 Å². The molecule has 1 aromatic carbocycles. The van der Waals surface area contributed by atoms with E-state index in [1.807, 2.05) is 12.1 Å². The summed E-state index contributed by atoms with van der Waals surface area (Å²) in [6.07, 6.45) is 2.41. The Hall–Kier alpha value is -2.12. The van der Waals surface area contributed by atoms with Crippen LogP contribution >= 0.6 is 11.8 Å². The minimum absolute atomic E-state index is 0.0938. The zero-order valence-electron chi connectivity index (χ0n) is 13.7.